The zero-order chi connectivity index (χ0) is 24.2. The molecule has 0 bridgehead atoms. The fourth-order valence-electron chi connectivity index (χ4n) is 5.37. The Morgan fingerprint density at radius 2 is 1.76 bits per heavy atom. The number of primary amides is 1. The third-order valence-electron chi connectivity index (χ3n) is 6.68. The number of hydrogen-bond acceptors (Lipinski definition) is 7. The summed E-state index contributed by atoms with van der Waals surface area (Å²) in [6.45, 7) is 1.91. The van der Waals surface area contributed by atoms with E-state index in [4.69, 9.17) is 10.5 Å². The van der Waals surface area contributed by atoms with Crippen molar-refractivity contribution >= 4 is 41.0 Å². The van der Waals surface area contributed by atoms with Crippen LogP contribution in [0.4, 0.5) is 11.4 Å². The lowest BCUT2D eigenvalue weighted by atomic mass is 9.76. The number of carbonyl (C=O) groups is 5. The number of nitrogens with one attached hydrogen (secondary N) is 2. The van der Waals surface area contributed by atoms with Gasteiger partial charge in [-0.25, -0.2) is 9.69 Å². The van der Waals surface area contributed by atoms with Gasteiger partial charge in [-0.1, -0.05) is 18.2 Å². The number of ether oxygens (including phenoxy) is 1. The fraction of sp³-hybridized carbons (Fsp3) is 0.292. The van der Waals surface area contributed by atoms with Crippen LogP contribution < -0.4 is 21.3 Å². The number of hydrogen-bond donors (Lipinski definition) is 3. The molecule has 4 atom stereocenters. The van der Waals surface area contributed by atoms with Crippen molar-refractivity contribution < 1.29 is 28.7 Å². The average molecular weight is 462 g/mol. The summed E-state index contributed by atoms with van der Waals surface area (Å²) in [5.41, 5.74) is 5.55. The Morgan fingerprint density at radius 3 is 2.44 bits per heavy atom. The summed E-state index contributed by atoms with van der Waals surface area (Å²) in [4.78, 5) is 65.4. The number of anilines is 2. The molecule has 34 heavy (non-hydrogen) atoms. The number of esters is 1. The predicted molar refractivity (Wildman–Crippen MR) is 119 cm³/mol. The monoisotopic (exact) mass is 462 g/mol. The van der Waals surface area contributed by atoms with Gasteiger partial charge in [-0.15, -0.1) is 0 Å². The van der Waals surface area contributed by atoms with Crippen LogP contribution in [0.2, 0.25) is 0 Å². The molecule has 3 aliphatic heterocycles. The summed E-state index contributed by atoms with van der Waals surface area (Å²) in [7, 11) is 0. The number of nitrogens with zero attached hydrogens (tertiary/aromatic N) is 1. The van der Waals surface area contributed by atoms with Crippen LogP contribution in [-0.4, -0.2) is 42.2 Å². The number of benzene rings is 2. The molecule has 0 aromatic heterocycles. The minimum absolute atomic E-state index is 0.215. The Kier molecular flexibility index (Phi) is 4.98. The van der Waals surface area contributed by atoms with Gasteiger partial charge in [0.15, 0.2) is 0 Å². The average Bonchev–Trinajstić information content (AvgIpc) is 3.38. The van der Waals surface area contributed by atoms with Gasteiger partial charge < -0.3 is 15.8 Å². The number of rotatable bonds is 5. The van der Waals surface area contributed by atoms with E-state index in [2.05, 4.69) is 10.6 Å². The van der Waals surface area contributed by atoms with Crippen molar-refractivity contribution in [1.29, 1.82) is 0 Å². The molecule has 0 radical (unpaired) electrons. The third-order valence-corrected chi connectivity index (χ3v) is 6.68. The van der Waals surface area contributed by atoms with Gasteiger partial charge in [0.2, 0.25) is 23.6 Å². The van der Waals surface area contributed by atoms with Gasteiger partial charge >= 0.3 is 5.97 Å². The quantitative estimate of drug-likeness (QED) is 0.437. The Hall–Kier alpha value is -4.05. The first-order valence-electron chi connectivity index (χ1n) is 10.9. The standard InChI is InChI=1S/C24H22N4O6/c1-2-34-22(32)12-7-9-13(10-8-12)28-20(30)18-16(11-17(25)29)27-24(19(18)21(28)31)14-5-3-4-6-15(14)26-23(24)33/h3-10,16,18-19,27H,2,11H2,1H3,(H2,25,29)(H,26,33)/t16-,18-,19-,24-/m0/s1. The van der Waals surface area contributed by atoms with Crippen LogP contribution in [0.1, 0.15) is 29.3 Å². The number of imide groups is 1. The fourth-order valence-corrected chi connectivity index (χ4v) is 5.37. The maximum atomic E-state index is 13.7. The summed E-state index contributed by atoms with van der Waals surface area (Å²) < 4.78 is 4.97. The Labute approximate surface area is 194 Å². The zero-order valence-electron chi connectivity index (χ0n) is 18.2. The molecule has 0 saturated carbocycles. The van der Waals surface area contributed by atoms with Gasteiger partial charge in [0.05, 0.1) is 29.7 Å². The van der Waals surface area contributed by atoms with Crippen LogP contribution in [-0.2, 0) is 29.5 Å². The molecule has 0 unspecified atom stereocenters. The molecular formula is C24H22N4O6. The maximum Gasteiger partial charge on any atom is 0.338 e. The molecule has 5 rings (SSSR count). The number of fused-ring (bicyclic) bond motifs is 4. The third kappa shape index (κ3) is 2.95. The molecule has 4 amide bonds. The maximum absolute atomic E-state index is 13.7. The van der Waals surface area contributed by atoms with Crippen molar-refractivity contribution in [3.63, 3.8) is 0 Å². The molecule has 10 nitrogen and oxygen atoms in total. The lowest BCUT2D eigenvalue weighted by molar-refractivity contribution is -0.130. The van der Waals surface area contributed by atoms with E-state index in [0.717, 1.165) is 4.90 Å². The Bertz CT molecular complexity index is 1240. The van der Waals surface area contributed by atoms with Crippen molar-refractivity contribution in [3.05, 3.63) is 59.7 Å². The van der Waals surface area contributed by atoms with Crippen LogP contribution in [0.3, 0.4) is 0 Å². The number of amides is 4. The molecule has 10 heteroatoms. The molecule has 2 aromatic carbocycles. The number of para-hydroxylation sites is 1. The van der Waals surface area contributed by atoms with Crippen LogP contribution >= 0.6 is 0 Å². The predicted octanol–water partition coefficient (Wildman–Crippen LogP) is 0.664. The molecule has 2 aromatic rings. The highest BCUT2D eigenvalue weighted by Crippen LogP contribution is 2.53. The van der Waals surface area contributed by atoms with E-state index in [1.54, 1.807) is 31.2 Å². The summed E-state index contributed by atoms with van der Waals surface area (Å²) in [5.74, 6) is -4.78. The van der Waals surface area contributed by atoms with Crippen molar-refractivity contribution in [1.82, 2.24) is 5.32 Å². The molecule has 2 fully saturated rings. The zero-order valence-corrected chi connectivity index (χ0v) is 18.2. The summed E-state index contributed by atoms with van der Waals surface area (Å²) >= 11 is 0. The van der Waals surface area contributed by atoms with E-state index in [0.29, 0.717) is 11.3 Å². The van der Waals surface area contributed by atoms with Crippen LogP contribution in [0.15, 0.2) is 48.5 Å². The molecule has 0 aliphatic carbocycles. The molecule has 1 spiro atoms. The normalized spacial score (nSPS) is 27.0. The van der Waals surface area contributed by atoms with Crippen molar-refractivity contribution in [2.45, 2.75) is 24.9 Å². The van der Waals surface area contributed by atoms with Gasteiger partial charge in [0.1, 0.15) is 5.54 Å². The van der Waals surface area contributed by atoms with Gasteiger partial charge in [-0.2, -0.15) is 0 Å². The first kappa shape index (κ1) is 21.8. The highest BCUT2D eigenvalue weighted by Gasteiger charge is 2.70. The van der Waals surface area contributed by atoms with Crippen molar-refractivity contribution in [3.8, 4) is 0 Å². The minimum Gasteiger partial charge on any atom is -0.462 e. The summed E-state index contributed by atoms with van der Waals surface area (Å²) in [6.07, 6.45) is -0.215. The molecule has 3 aliphatic rings. The van der Waals surface area contributed by atoms with Crippen LogP contribution in [0, 0.1) is 11.8 Å². The molecule has 4 N–H and O–H groups in total. The molecule has 174 valence electrons. The highest BCUT2D eigenvalue weighted by molar-refractivity contribution is 6.26. The molecule has 3 heterocycles. The van der Waals surface area contributed by atoms with Crippen molar-refractivity contribution in [2.24, 2.45) is 17.6 Å². The topological polar surface area (TPSA) is 148 Å². The van der Waals surface area contributed by atoms with Crippen LogP contribution in [0.5, 0.6) is 0 Å². The second kappa shape index (κ2) is 7.77. The SMILES string of the molecule is CCOC(=O)c1ccc(N2C(=O)[C@H]3[C@H](CC(N)=O)N[C@]4(C(=O)Nc5ccccc54)[C@@H]3C2=O)cc1. The lowest BCUT2D eigenvalue weighted by Crippen LogP contribution is -2.53. The summed E-state index contributed by atoms with van der Waals surface area (Å²) in [6, 6.07) is 12.0. The van der Waals surface area contributed by atoms with Gasteiger partial charge in [-0.05, 0) is 37.3 Å². The minimum atomic E-state index is -1.51. The van der Waals surface area contributed by atoms with Crippen molar-refractivity contribution in [2.75, 3.05) is 16.8 Å². The second-order valence-corrected chi connectivity index (χ2v) is 8.51. The van der Waals surface area contributed by atoms with E-state index in [1.165, 1.54) is 24.3 Å². The lowest BCUT2D eigenvalue weighted by Gasteiger charge is -2.29. The molecular weight excluding hydrogens is 440 g/mol. The first-order chi connectivity index (χ1) is 16.3. The Balaban J connectivity index is 1.58. The van der Waals surface area contributed by atoms with Gasteiger partial charge in [0, 0.05) is 23.7 Å². The van der Waals surface area contributed by atoms with Crippen LogP contribution in [0.25, 0.3) is 0 Å². The van der Waals surface area contributed by atoms with E-state index >= 15 is 0 Å². The largest absolute Gasteiger partial charge is 0.462 e. The highest BCUT2D eigenvalue weighted by atomic mass is 16.5. The number of carbonyl (C=O) groups excluding carboxylic acids is 5. The smallest absolute Gasteiger partial charge is 0.338 e. The van der Waals surface area contributed by atoms with Gasteiger partial charge in [-0.3, -0.25) is 24.5 Å². The van der Waals surface area contributed by atoms with E-state index in [1.807, 2.05) is 0 Å². The van der Waals surface area contributed by atoms with E-state index in [9.17, 15) is 24.0 Å². The van der Waals surface area contributed by atoms with E-state index in [-0.39, 0.29) is 24.3 Å². The van der Waals surface area contributed by atoms with Gasteiger partial charge in [0.25, 0.3) is 0 Å². The molecule has 2 saturated heterocycles. The first-order valence-corrected chi connectivity index (χ1v) is 10.9. The summed E-state index contributed by atoms with van der Waals surface area (Å²) in [5, 5.41) is 5.92. The Morgan fingerprint density at radius 1 is 1.06 bits per heavy atom. The second-order valence-electron chi connectivity index (χ2n) is 8.51. The van der Waals surface area contributed by atoms with E-state index < -0.39 is 53.0 Å². The number of nitrogens with two attached hydrogens (primary N) is 1.